The van der Waals surface area contributed by atoms with Crippen molar-refractivity contribution in [3.8, 4) is 0 Å². The highest BCUT2D eigenvalue weighted by Gasteiger charge is 2.29. The molecule has 1 aromatic rings. The van der Waals surface area contributed by atoms with E-state index in [9.17, 15) is 0 Å². The number of hydrogen-bond donors (Lipinski definition) is 1. The fourth-order valence-corrected chi connectivity index (χ4v) is 2.74. The first-order chi connectivity index (χ1) is 9.00. The van der Waals surface area contributed by atoms with Crippen LogP contribution in [0.2, 0.25) is 0 Å². The average Bonchev–Trinajstić information content (AvgIpc) is 2.39. The normalized spacial score (nSPS) is 17.6. The molecule has 0 aromatic carbocycles. The lowest BCUT2D eigenvalue weighted by Gasteiger charge is -2.39. The molecule has 106 valence electrons. The maximum absolute atomic E-state index is 4.58. The zero-order valence-electron chi connectivity index (χ0n) is 12.6. The van der Waals surface area contributed by atoms with E-state index in [0.29, 0.717) is 5.41 Å². The summed E-state index contributed by atoms with van der Waals surface area (Å²) in [5.74, 6) is 2.61. The number of anilines is 2. The average molecular weight is 262 g/mol. The van der Waals surface area contributed by atoms with E-state index in [1.54, 1.807) is 0 Å². The van der Waals surface area contributed by atoms with Gasteiger partial charge in [0.1, 0.15) is 5.82 Å². The van der Waals surface area contributed by atoms with E-state index in [-0.39, 0.29) is 0 Å². The maximum Gasteiger partial charge on any atom is 0.224 e. The van der Waals surface area contributed by atoms with E-state index >= 15 is 0 Å². The van der Waals surface area contributed by atoms with Gasteiger partial charge >= 0.3 is 0 Å². The maximum atomic E-state index is 4.58. The monoisotopic (exact) mass is 262 g/mol. The second kappa shape index (κ2) is 5.76. The minimum atomic E-state index is 0.423. The second-order valence-electron chi connectivity index (χ2n) is 6.40. The van der Waals surface area contributed by atoms with E-state index in [0.717, 1.165) is 37.3 Å². The summed E-state index contributed by atoms with van der Waals surface area (Å²) in [6.07, 6.45) is 4.35. The Morgan fingerprint density at radius 1 is 1.32 bits per heavy atom. The Labute approximate surface area is 116 Å². The first-order valence-corrected chi connectivity index (χ1v) is 7.32. The molecule has 19 heavy (non-hydrogen) atoms. The highest BCUT2D eigenvalue weighted by atomic mass is 15.2. The third-order valence-electron chi connectivity index (χ3n) is 4.02. The van der Waals surface area contributed by atoms with Gasteiger partial charge in [-0.1, -0.05) is 20.8 Å². The fourth-order valence-electron chi connectivity index (χ4n) is 2.74. The number of piperidine rings is 1. The van der Waals surface area contributed by atoms with Crippen LogP contribution in [0.15, 0.2) is 12.3 Å². The molecule has 2 rings (SSSR count). The lowest BCUT2D eigenvalue weighted by Crippen LogP contribution is -2.38. The third-order valence-corrected chi connectivity index (χ3v) is 4.02. The quantitative estimate of drug-likeness (QED) is 0.908. The molecule has 0 saturated carbocycles. The van der Waals surface area contributed by atoms with Gasteiger partial charge < -0.3 is 10.2 Å². The summed E-state index contributed by atoms with van der Waals surface area (Å²) in [5.41, 5.74) is 0.423. The SMILES string of the molecule is CCNc1nccc(N2CCC(C(C)(C)C)CC2)n1. The minimum absolute atomic E-state index is 0.423. The summed E-state index contributed by atoms with van der Waals surface area (Å²) in [7, 11) is 0. The van der Waals surface area contributed by atoms with Crippen molar-refractivity contribution in [1.82, 2.24) is 9.97 Å². The van der Waals surface area contributed by atoms with Crippen LogP contribution in [0.4, 0.5) is 11.8 Å². The molecule has 4 nitrogen and oxygen atoms in total. The fraction of sp³-hybridized carbons (Fsp3) is 0.733. The van der Waals surface area contributed by atoms with E-state index in [4.69, 9.17) is 0 Å². The van der Waals surface area contributed by atoms with Crippen molar-refractivity contribution in [3.05, 3.63) is 12.3 Å². The third kappa shape index (κ3) is 3.58. The Morgan fingerprint density at radius 2 is 2.00 bits per heavy atom. The predicted octanol–water partition coefficient (Wildman–Crippen LogP) is 3.17. The highest BCUT2D eigenvalue weighted by Crippen LogP contribution is 2.35. The Hall–Kier alpha value is -1.32. The van der Waals surface area contributed by atoms with Crippen LogP contribution >= 0.6 is 0 Å². The molecule has 1 aromatic heterocycles. The number of nitrogens with one attached hydrogen (secondary N) is 1. The molecule has 0 bridgehead atoms. The lowest BCUT2D eigenvalue weighted by molar-refractivity contribution is 0.198. The molecule has 0 atom stereocenters. The summed E-state index contributed by atoms with van der Waals surface area (Å²) in [4.78, 5) is 11.2. The zero-order valence-corrected chi connectivity index (χ0v) is 12.6. The lowest BCUT2D eigenvalue weighted by atomic mass is 9.75. The van der Waals surface area contributed by atoms with E-state index in [2.05, 4.69) is 47.9 Å². The molecular weight excluding hydrogens is 236 g/mol. The van der Waals surface area contributed by atoms with Crippen LogP contribution in [0.3, 0.4) is 0 Å². The molecule has 1 aliphatic heterocycles. The van der Waals surface area contributed by atoms with Crippen molar-refractivity contribution in [2.45, 2.75) is 40.5 Å². The molecule has 1 N–H and O–H groups in total. The molecule has 4 heteroatoms. The van der Waals surface area contributed by atoms with Crippen LogP contribution in [0.1, 0.15) is 40.5 Å². The molecule has 2 heterocycles. The summed E-state index contributed by atoms with van der Waals surface area (Å²) < 4.78 is 0. The van der Waals surface area contributed by atoms with Gasteiger partial charge in [0.2, 0.25) is 5.95 Å². The van der Waals surface area contributed by atoms with Crippen molar-refractivity contribution < 1.29 is 0 Å². The minimum Gasteiger partial charge on any atom is -0.356 e. The standard InChI is InChI=1S/C15H26N4/c1-5-16-14-17-9-6-13(18-14)19-10-7-12(8-11-19)15(2,3)4/h6,9,12H,5,7-8,10-11H2,1-4H3,(H,16,17,18). The Kier molecular flexibility index (Phi) is 4.27. The van der Waals surface area contributed by atoms with Crippen LogP contribution < -0.4 is 10.2 Å². The topological polar surface area (TPSA) is 41.1 Å². The number of rotatable bonds is 3. The predicted molar refractivity (Wildman–Crippen MR) is 80.6 cm³/mol. The van der Waals surface area contributed by atoms with E-state index in [1.807, 2.05) is 12.3 Å². The molecule has 0 spiro atoms. The van der Waals surface area contributed by atoms with Gasteiger partial charge in [-0.3, -0.25) is 0 Å². The van der Waals surface area contributed by atoms with E-state index < -0.39 is 0 Å². The van der Waals surface area contributed by atoms with Gasteiger partial charge in [0.05, 0.1) is 0 Å². The molecule has 1 fully saturated rings. The molecule has 1 saturated heterocycles. The number of aromatic nitrogens is 2. The van der Waals surface area contributed by atoms with Crippen LogP contribution in [0.5, 0.6) is 0 Å². The zero-order chi connectivity index (χ0) is 13.9. The van der Waals surface area contributed by atoms with Crippen molar-refractivity contribution in [3.63, 3.8) is 0 Å². The molecule has 1 aliphatic rings. The van der Waals surface area contributed by atoms with E-state index in [1.165, 1.54) is 12.8 Å². The first-order valence-electron chi connectivity index (χ1n) is 7.32. The van der Waals surface area contributed by atoms with Gasteiger partial charge in [-0.05, 0) is 37.2 Å². The summed E-state index contributed by atoms with van der Waals surface area (Å²) >= 11 is 0. The van der Waals surface area contributed by atoms with Gasteiger partial charge in [-0.2, -0.15) is 4.98 Å². The number of nitrogens with zero attached hydrogens (tertiary/aromatic N) is 3. The molecule has 0 unspecified atom stereocenters. The Bertz CT molecular complexity index is 403. The highest BCUT2D eigenvalue weighted by molar-refractivity contribution is 5.42. The molecule has 0 radical (unpaired) electrons. The van der Waals surface area contributed by atoms with Gasteiger partial charge in [0, 0.05) is 25.8 Å². The largest absolute Gasteiger partial charge is 0.356 e. The van der Waals surface area contributed by atoms with Crippen molar-refractivity contribution in [2.75, 3.05) is 29.9 Å². The van der Waals surface area contributed by atoms with Crippen LogP contribution in [0.25, 0.3) is 0 Å². The van der Waals surface area contributed by atoms with Gasteiger partial charge in [-0.15, -0.1) is 0 Å². The van der Waals surface area contributed by atoms with Crippen LogP contribution in [-0.4, -0.2) is 29.6 Å². The Balaban J connectivity index is 1.99. The van der Waals surface area contributed by atoms with Crippen molar-refractivity contribution >= 4 is 11.8 Å². The Morgan fingerprint density at radius 3 is 2.58 bits per heavy atom. The summed E-state index contributed by atoms with van der Waals surface area (Å²) in [5, 5.41) is 3.17. The number of hydrogen-bond acceptors (Lipinski definition) is 4. The second-order valence-corrected chi connectivity index (χ2v) is 6.40. The van der Waals surface area contributed by atoms with Gasteiger partial charge in [0.25, 0.3) is 0 Å². The van der Waals surface area contributed by atoms with Crippen molar-refractivity contribution in [2.24, 2.45) is 11.3 Å². The first kappa shape index (κ1) is 14.1. The van der Waals surface area contributed by atoms with Crippen molar-refractivity contribution in [1.29, 1.82) is 0 Å². The smallest absolute Gasteiger partial charge is 0.224 e. The van der Waals surface area contributed by atoms with Gasteiger partial charge in [-0.25, -0.2) is 4.98 Å². The van der Waals surface area contributed by atoms with Crippen LogP contribution in [-0.2, 0) is 0 Å². The molecule has 0 aliphatic carbocycles. The van der Waals surface area contributed by atoms with Gasteiger partial charge in [0.15, 0.2) is 0 Å². The van der Waals surface area contributed by atoms with Crippen LogP contribution in [0, 0.1) is 11.3 Å². The molecular formula is C15H26N4. The summed E-state index contributed by atoms with van der Waals surface area (Å²) in [6, 6.07) is 2.01. The molecule has 0 amide bonds. The summed E-state index contributed by atoms with van der Waals surface area (Å²) in [6.45, 7) is 12.2.